The Balaban J connectivity index is 2.11. The van der Waals surface area contributed by atoms with Crippen LogP contribution in [0.3, 0.4) is 0 Å². The zero-order valence-corrected chi connectivity index (χ0v) is 9.82. The number of aryl methyl sites for hydroxylation is 1. The van der Waals surface area contributed by atoms with E-state index in [1.807, 2.05) is 13.0 Å². The van der Waals surface area contributed by atoms with Crippen molar-refractivity contribution < 1.29 is 5.11 Å². The van der Waals surface area contributed by atoms with Gasteiger partial charge >= 0.3 is 0 Å². The second kappa shape index (κ2) is 4.63. The molecule has 84 valence electrons. The fourth-order valence-electron chi connectivity index (χ4n) is 1.17. The fraction of sp³-hybridized carbons (Fsp3) is 0.300. The quantitative estimate of drug-likeness (QED) is 0.848. The van der Waals surface area contributed by atoms with Crippen molar-refractivity contribution >= 4 is 11.8 Å². The summed E-state index contributed by atoms with van der Waals surface area (Å²) >= 11 is 1.43. The molecule has 0 radical (unpaired) electrons. The van der Waals surface area contributed by atoms with E-state index in [0.29, 0.717) is 10.9 Å². The molecule has 6 heteroatoms. The third-order valence-electron chi connectivity index (χ3n) is 1.97. The van der Waals surface area contributed by atoms with Gasteiger partial charge in [0.2, 0.25) is 5.16 Å². The lowest BCUT2D eigenvalue weighted by atomic mass is 10.2. The molecule has 0 aromatic carbocycles. The first kappa shape index (κ1) is 11.1. The van der Waals surface area contributed by atoms with E-state index in [-0.39, 0.29) is 0 Å². The van der Waals surface area contributed by atoms with Gasteiger partial charge in [0.05, 0.1) is 11.8 Å². The SMILES string of the molecule is Cc1nc(Sc2ccc(C(C)O)nc2)n[nH]1. The van der Waals surface area contributed by atoms with Crippen molar-refractivity contribution in [1.29, 1.82) is 0 Å². The first-order valence-corrected chi connectivity index (χ1v) is 5.67. The average molecular weight is 236 g/mol. The van der Waals surface area contributed by atoms with Gasteiger partial charge in [-0.15, -0.1) is 5.10 Å². The van der Waals surface area contributed by atoms with E-state index < -0.39 is 6.10 Å². The number of nitrogens with zero attached hydrogens (tertiary/aromatic N) is 3. The van der Waals surface area contributed by atoms with E-state index in [1.165, 1.54) is 11.8 Å². The van der Waals surface area contributed by atoms with Gasteiger partial charge in [-0.2, -0.15) is 0 Å². The molecule has 2 heterocycles. The van der Waals surface area contributed by atoms with E-state index >= 15 is 0 Å². The third-order valence-corrected chi connectivity index (χ3v) is 2.82. The second-order valence-corrected chi connectivity index (χ2v) is 4.44. The number of nitrogens with one attached hydrogen (secondary N) is 1. The van der Waals surface area contributed by atoms with Crippen LogP contribution in [-0.2, 0) is 0 Å². The molecule has 0 saturated carbocycles. The molecule has 0 saturated heterocycles. The number of hydrogen-bond donors (Lipinski definition) is 2. The van der Waals surface area contributed by atoms with Crippen molar-refractivity contribution in [2.75, 3.05) is 0 Å². The van der Waals surface area contributed by atoms with E-state index in [4.69, 9.17) is 0 Å². The molecular formula is C10H12N4OS. The normalized spacial score (nSPS) is 12.7. The van der Waals surface area contributed by atoms with Crippen molar-refractivity contribution in [1.82, 2.24) is 20.2 Å². The molecule has 0 bridgehead atoms. The summed E-state index contributed by atoms with van der Waals surface area (Å²) in [6.07, 6.45) is 1.17. The maximum absolute atomic E-state index is 9.31. The summed E-state index contributed by atoms with van der Waals surface area (Å²) in [5.41, 5.74) is 0.663. The van der Waals surface area contributed by atoms with Gasteiger partial charge in [0.1, 0.15) is 5.82 Å². The number of H-pyrrole nitrogens is 1. The summed E-state index contributed by atoms with van der Waals surface area (Å²) in [5.74, 6) is 0.788. The van der Waals surface area contributed by atoms with Crippen LogP contribution in [0.4, 0.5) is 0 Å². The van der Waals surface area contributed by atoms with Crippen molar-refractivity contribution in [2.45, 2.75) is 30.0 Å². The number of hydrogen-bond acceptors (Lipinski definition) is 5. The van der Waals surface area contributed by atoms with Crippen molar-refractivity contribution in [3.05, 3.63) is 29.8 Å². The zero-order valence-electron chi connectivity index (χ0n) is 9.01. The van der Waals surface area contributed by atoms with Crippen molar-refractivity contribution in [2.24, 2.45) is 0 Å². The highest BCUT2D eigenvalue weighted by Gasteiger charge is 2.05. The number of aliphatic hydroxyl groups is 1. The van der Waals surface area contributed by atoms with Gasteiger partial charge in [-0.05, 0) is 37.7 Å². The van der Waals surface area contributed by atoms with Gasteiger partial charge in [0, 0.05) is 11.1 Å². The fourth-order valence-corrected chi connectivity index (χ4v) is 1.90. The number of aliphatic hydroxyl groups excluding tert-OH is 1. The molecule has 0 aliphatic heterocycles. The molecule has 0 spiro atoms. The minimum absolute atomic E-state index is 0.537. The lowest BCUT2D eigenvalue weighted by Gasteiger charge is -2.03. The van der Waals surface area contributed by atoms with Crippen LogP contribution in [0.15, 0.2) is 28.4 Å². The highest BCUT2D eigenvalue weighted by atomic mass is 32.2. The minimum atomic E-state index is -0.537. The van der Waals surface area contributed by atoms with Crippen LogP contribution in [0.2, 0.25) is 0 Å². The third kappa shape index (κ3) is 2.59. The monoisotopic (exact) mass is 236 g/mol. The Bertz CT molecular complexity index is 466. The lowest BCUT2D eigenvalue weighted by molar-refractivity contribution is 0.194. The van der Waals surface area contributed by atoms with Crippen LogP contribution in [0.5, 0.6) is 0 Å². The molecule has 0 amide bonds. The molecule has 0 aliphatic rings. The van der Waals surface area contributed by atoms with Gasteiger partial charge in [0.15, 0.2) is 0 Å². The molecule has 2 rings (SSSR count). The number of pyridine rings is 1. The van der Waals surface area contributed by atoms with E-state index in [1.54, 1.807) is 19.2 Å². The molecule has 16 heavy (non-hydrogen) atoms. The molecule has 0 aliphatic carbocycles. The van der Waals surface area contributed by atoms with E-state index in [9.17, 15) is 5.11 Å². The van der Waals surface area contributed by atoms with Gasteiger partial charge in [-0.25, -0.2) is 4.98 Å². The first-order valence-electron chi connectivity index (χ1n) is 4.86. The second-order valence-electron chi connectivity index (χ2n) is 3.40. The molecule has 2 aromatic heterocycles. The lowest BCUT2D eigenvalue weighted by Crippen LogP contribution is -1.94. The molecular weight excluding hydrogens is 224 g/mol. The number of rotatable bonds is 3. The summed E-state index contributed by atoms with van der Waals surface area (Å²) in [4.78, 5) is 9.27. The Kier molecular flexibility index (Phi) is 3.21. The van der Waals surface area contributed by atoms with Gasteiger partial charge < -0.3 is 5.11 Å². The Morgan fingerprint density at radius 2 is 2.25 bits per heavy atom. The number of aromatic nitrogens is 4. The largest absolute Gasteiger partial charge is 0.387 e. The molecule has 2 aromatic rings. The summed E-state index contributed by atoms with van der Waals surface area (Å²) < 4.78 is 0. The van der Waals surface area contributed by atoms with Crippen LogP contribution >= 0.6 is 11.8 Å². The molecule has 5 nitrogen and oxygen atoms in total. The van der Waals surface area contributed by atoms with E-state index in [2.05, 4.69) is 20.2 Å². The molecule has 1 unspecified atom stereocenters. The van der Waals surface area contributed by atoms with Gasteiger partial charge in [0.25, 0.3) is 0 Å². The van der Waals surface area contributed by atoms with Crippen LogP contribution in [0.1, 0.15) is 24.5 Å². The average Bonchev–Trinajstić information content (AvgIpc) is 2.65. The first-order chi connectivity index (χ1) is 7.65. The predicted octanol–water partition coefficient (Wildman–Crippen LogP) is 1.71. The van der Waals surface area contributed by atoms with Crippen LogP contribution in [-0.4, -0.2) is 25.3 Å². The standard InChI is InChI=1S/C10H12N4OS/c1-6(15)9-4-3-8(5-11-9)16-10-12-7(2)13-14-10/h3-6,15H,1-2H3,(H,12,13,14). The Morgan fingerprint density at radius 3 is 2.75 bits per heavy atom. The van der Waals surface area contributed by atoms with Crippen molar-refractivity contribution in [3.63, 3.8) is 0 Å². The molecule has 2 N–H and O–H groups in total. The van der Waals surface area contributed by atoms with E-state index in [0.717, 1.165) is 10.7 Å². The smallest absolute Gasteiger partial charge is 0.213 e. The summed E-state index contributed by atoms with van der Waals surface area (Å²) in [6, 6.07) is 3.69. The number of aromatic amines is 1. The van der Waals surface area contributed by atoms with Gasteiger partial charge in [-0.1, -0.05) is 0 Å². The molecule has 0 fully saturated rings. The highest BCUT2D eigenvalue weighted by molar-refractivity contribution is 7.99. The predicted molar refractivity (Wildman–Crippen MR) is 60.1 cm³/mol. The van der Waals surface area contributed by atoms with Crippen LogP contribution < -0.4 is 0 Å². The minimum Gasteiger partial charge on any atom is -0.387 e. The maximum atomic E-state index is 9.31. The maximum Gasteiger partial charge on any atom is 0.213 e. The Morgan fingerprint density at radius 1 is 1.44 bits per heavy atom. The van der Waals surface area contributed by atoms with Crippen LogP contribution in [0.25, 0.3) is 0 Å². The van der Waals surface area contributed by atoms with Crippen LogP contribution in [0, 0.1) is 6.92 Å². The van der Waals surface area contributed by atoms with Gasteiger partial charge in [-0.3, -0.25) is 10.1 Å². The Hall–Kier alpha value is -1.40. The summed E-state index contributed by atoms with van der Waals surface area (Å²) in [7, 11) is 0. The topological polar surface area (TPSA) is 74.7 Å². The van der Waals surface area contributed by atoms with Crippen molar-refractivity contribution in [3.8, 4) is 0 Å². The Labute approximate surface area is 97.3 Å². The highest BCUT2D eigenvalue weighted by Crippen LogP contribution is 2.24. The molecule has 1 atom stereocenters. The zero-order chi connectivity index (χ0) is 11.5. The summed E-state index contributed by atoms with van der Waals surface area (Å²) in [5, 5.41) is 16.8. The summed E-state index contributed by atoms with van der Waals surface area (Å²) in [6.45, 7) is 3.54.